The Hall–Kier alpha value is -1.40. The smallest absolute Gasteiger partial charge is 0.297 e. The molecular formula is C9H8ClN3O2S. The van der Waals surface area contributed by atoms with Crippen molar-refractivity contribution >= 4 is 22.9 Å². The van der Waals surface area contributed by atoms with Gasteiger partial charge in [-0.1, -0.05) is 11.6 Å². The molecule has 0 aliphatic carbocycles. The zero-order valence-corrected chi connectivity index (χ0v) is 10.1. The number of rotatable bonds is 1. The Morgan fingerprint density at radius 3 is 2.62 bits per heavy atom. The van der Waals surface area contributed by atoms with E-state index in [1.54, 1.807) is 0 Å². The van der Waals surface area contributed by atoms with Crippen LogP contribution in [0.2, 0.25) is 5.15 Å². The molecule has 2 rings (SSSR count). The summed E-state index contributed by atoms with van der Waals surface area (Å²) in [4.78, 5) is 30.6. The number of aromatic nitrogens is 3. The lowest BCUT2D eigenvalue weighted by atomic mass is 10.4. The van der Waals surface area contributed by atoms with Crippen molar-refractivity contribution in [3.63, 3.8) is 0 Å². The van der Waals surface area contributed by atoms with Gasteiger partial charge >= 0.3 is 5.69 Å². The number of hydrogen-bond acceptors (Lipinski definition) is 4. The zero-order chi connectivity index (χ0) is 11.9. The van der Waals surface area contributed by atoms with Crippen molar-refractivity contribution in [2.24, 2.45) is 0 Å². The van der Waals surface area contributed by atoms with Gasteiger partial charge in [0.15, 0.2) is 0 Å². The van der Waals surface area contributed by atoms with Gasteiger partial charge in [-0.05, 0) is 13.8 Å². The van der Waals surface area contributed by atoms with Crippen LogP contribution < -0.4 is 11.2 Å². The number of nitrogens with one attached hydrogen (secondary N) is 1. The minimum Gasteiger partial charge on any atom is -0.297 e. The van der Waals surface area contributed by atoms with E-state index in [2.05, 4.69) is 9.97 Å². The van der Waals surface area contributed by atoms with Crippen molar-refractivity contribution in [1.29, 1.82) is 0 Å². The Morgan fingerprint density at radius 2 is 2.12 bits per heavy atom. The van der Waals surface area contributed by atoms with Crippen LogP contribution in [0.25, 0.3) is 5.13 Å². The fourth-order valence-electron chi connectivity index (χ4n) is 1.20. The average Bonchev–Trinajstić information content (AvgIpc) is 2.44. The third-order valence-corrected chi connectivity index (χ3v) is 3.37. The topological polar surface area (TPSA) is 67.8 Å². The molecule has 7 heteroatoms. The van der Waals surface area contributed by atoms with Gasteiger partial charge in [0.25, 0.3) is 5.56 Å². The van der Waals surface area contributed by atoms with E-state index in [-0.39, 0.29) is 5.15 Å². The summed E-state index contributed by atoms with van der Waals surface area (Å²) in [6.07, 6.45) is 0. The van der Waals surface area contributed by atoms with Gasteiger partial charge in [0.05, 0.1) is 5.69 Å². The van der Waals surface area contributed by atoms with Crippen molar-refractivity contribution in [2.45, 2.75) is 13.8 Å². The zero-order valence-electron chi connectivity index (χ0n) is 8.57. The fraction of sp³-hybridized carbons (Fsp3) is 0.222. The largest absolute Gasteiger partial charge is 0.336 e. The van der Waals surface area contributed by atoms with E-state index < -0.39 is 11.2 Å². The Kier molecular flexibility index (Phi) is 2.69. The number of aromatic amines is 1. The number of nitrogens with zero attached hydrogens (tertiary/aromatic N) is 2. The van der Waals surface area contributed by atoms with Gasteiger partial charge in [-0.15, -0.1) is 11.3 Å². The van der Waals surface area contributed by atoms with Crippen LogP contribution in [-0.2, 0) is 0 Å². The van der Waals surface area contributed by atoms with Crippen LogP contribution in [0.1, 0.15) is 10.6 Å². The molecule has 0 aromatic carbocycles. The molecular weight excluding hydrogens is 250 g/mol. The van der Waals surface area contributed by atoms with Gasteiger partial charge in [-0.25, -0.2) is 14.3 Å². The highest BCUT2D eigenvalue weighted by molar-refractivity contribution is 7.14. The van der Waals surface area contributed by atoms with E-state index in [4.69, 9.17) is 11.6 Å². The third kappa shape index (κ3) is 1.81. The molecule has 2 aromatic rings. The quantitative estimate of drug-likeness (QED) is 0.782. The molecule has 0 unspecified atom stereocenters. The molecule has 0 fully saturated rings. The fourth-order valence-corrected chi connectivity index (χ4v) is 2.29. The first kappa shape index (κ1) is 11.1. The first-order valence-electron chi connectivity index (χ1n) is 4.45. The lowest BCUT2D eigenvalue weighted by Gasteiger charge is -1.98. The molecule has 1 N–H and O–H groups in total. The minimum absolute atomic E-state index is 0.0243. The van der Waals surface area contributed by atoms with E-state index in [0.29, 0.717) is 5.13 Å². The minimum atomic E-state index is -0.578. The summed E-state index contributed by atoms with van der Waals surface area (Å²) in [5, 5.41) is 0.383. The molecule has 84 valence electrons. The van der Waals surface area contributed by atoms with E-state index in [0.717, 1.165) is 21.2 Å². The maximum Gasteiger partial charge on any atom is 0.336 e. The van der Waals surface area contributed by atoms with Crippen molar-refractivity contribution < 1.29 is 0 Å². The third-order valence-electron chi connectivity index (χ3n) is 2.11. The first-order valence-corrected chi connectivity index (χ1v) is 5.65. The molecule has 0 aliphatic rings. The maximum absolute atomic E-state index is 11.6. The Balaban J connectivity index is 2.74. The van der Waals surface area contributed by atoms with Gasteiger partial charge in [0.2, 0.25) is 5.13 Å². The van der Waals surface area contributed by atoms with Gasteiger partial charge in [-0.2, -0.15) is 0 Å². The first-order chi connectivity index (χ1) is 7.49. The van der Waals surface area contributed by atoms with E-state index in [9.17, 15) is 9.59 Å². The summed E-state index contributed by atoms with van der Waals surface area (Å²) >= 11 is 6.85. The molecule has 2 heterocycles. The molecule has 2 aromatic heterocycles. The molecule has 0 amide bonds. The number of H-pyrrole nitrogens is 1. The second-order valence-electron chi connectivity index (χ2n) is 3.23. The lowest BCUT2D eigenvalue weighted by Crippen LogP contribution is -2.32. The van der Waals surface area contributed by atoms with E-state index >= 15 is 0 Å². The summed E-state index contributed by atoms with van der Waals surface area (Å²) in [5.74, 6) is 0. The standard InChI is InChI=1S/C9H8ClN3O2S/c1-4-5(2)16-9(11-4)13-7(14)3-6(10)12-8(13)15/h3H,1-2H3,(H,12,15). The van der Waals surface area contributed by atoms with Gasteiger partial charge in [0, 0.05) is 10.9 Å². The van der Waals surface area contributed by atoms with Crippen molar-refractivity contribution in [3.05, 3.63) is 42.6 Å². The average molecular weight is 258 g/mol. The number of aryl methyl sites for hydroxylation is 2. The molecule has 0 saturated carbocycles. The van der Waals surface area contributed by atoms with Crippen molar-refractivity contribution in [3.8, 4) is 5.13 Å². The number of thiazole rings is 1. The van der Waals surface area contributed by atoms with Gasteiger partial charge < -0.3 is 0 Å². The van der Waals surface area contributed by atoms with Crippen LogP contribution in [0.15, 0.2) is 15.7 Å². The summed E-state index contributed by atoms with van der Waals surface area (Å²) in [6, 6.07) is 1.15. The highest BCUT2D eigenvalue weighted by atomic mass is 35.5. The van der Waals surface area contributed by atoms with E-state index in [1.807, 2.05) is 13.8 Å². The highest BCUT2D eigenvalue weighted by Crippen LogP contribution is 2.17. The molecule has 0 radical (unpaired) electrons. The molecule has 0 spiro atoms. The SMILES string of the molecule is Cc1nc(-n2c(=O)cc(Cl)[nH]c2=O)sc1C. The monoisotopic (exact) mass is 257 g/mol. The molecule has 0 bridgehead atoms. The maximum atomic E-state index is 11.6. The van der Waals surface area contributed by atoms with Crippen LogP contribution in [-0.4, -0.2) is 14.5 Å². The second kappa shape index (κ2) is 3.88. The Morgan fingerprint density at radius 1 is 1.44 bits per heavy atom. The highest BCUT2D eigenvalue weighted by Gasteiger charge is 2.11. The number of hydrogen-bond donors (Lipinski definition) is 1. The molecule has 0 saturated heterocycles. The molecule has 0 aliphatic heterocycles. The summed E-state index contributed by atoms with van der Waals surface area (Å²) in [6.45, 7) is 3.70. The Labute approximate surface area is 99.4 Å². The molecule has 5 nitrogen and oxygen atoms in total. The predicted octanol–water partition coefficient (Wildman–Crippen LogP) is 1.25. The van der Waals surface area contributed by atoms with Crippen LogP contribution in [0.5, 0.6) is 0 Å². The summed E-state index contributed by atoms with van der Waals surface area (Å²) in [5.41, 5.74) is -0.255. The van der Waals surface area contributed by atoms with Gasteiger partial charge in [-0.3, -0.25) is 9.78 Å². The van der Waals surface area contributed by atoms with E-state index in [1.165, 1.54) is 11.3 Å². The summed E-state index contributed by atoms with van der Waals surface area (Å²) < 4.78 is 0.969. The van der Waals surface area contributed by atoms with Gasteiger partial charge in [0.1, 0.15) is 5.15 Å². The number of halogens is 1. The van der Waals surface area contributed by atoms with Crippen LogP contribution in [0.4, 0.5) is 0 Å². The van der Waals surface area contributed by atoms with Crippen molar-refractivity contribution in [1.82, 2.24) is 14.5 Å². The summed E-state index contributed by atoms with van der Waals surface area (Å²) in [7, 11) is 0. The van der Waals surface area contributed by atoms with Crippen LogP contribution in [0, 0.1) is 13.8 Å². The van der Waals surface area contributed by atoms with Crippen LogP contribution in [0.3, 0.4) is 0 Å². The molecule has 0 atom stereocenters. The Bertz CT molecular complexity index is 605. The van der Waals surface area contributed by atoms with Crippen molar-refractivity contribution in [2.75, 3.05) is 0 Å². The predicted molar refractivity (Wildman–Crippen MR) is 62.8 cm³/mol. The second-order valence-corrected chi connectivity index (χ2v) is 4.82. The lowest BCUT2D eigenvalue weighted by molar-refractivity contribution is 0.863. The normalized spacial score (nSPS) is 10.7. The molecule has 16 heavy (non-hydrogen) atoms. The van der Waals surface area contributed by atoms with Crippen LogP contribution >= 0.6 is 22.9 Å².